The van der Waals surface area contributed by atoms with Crippen molar-refractivity contribution in [2.24, 2.45) is 5.73 Å². The summed E-state index contributed by atoms with van der Waals surface area (Å²) in [6.45, 7) is 4.45. The van der Waals surface area contributed by atoms with E-state index in [1.54, 1.807) is 6.20 Å². The largest absolute Gasteiger partial charge is 0.404 e. The molecule has 2 rings (SSSR count). The van der Waals surface area contributed by atoms with Crippen molar-refractivity contribution in [3.8, 4) is 0 Å². The van der Waals surface area contributed by atoms with E-state index in [1.165, 1.54) is 17.0 Å². The Hall–Kier alpha value is -1.57. The molecule has 1 heterocycles. The number of benzene rings is 1. The van der Waals surface area contributed by atoms with Gasteiger partial charge < -0.3 is 5.73 Å². The number of hydrogen-bond acceptors (Lipinski definition) is 1. The first-order valence-corrected chi connectivity index (χ1v) is 5.18. The van der Waals surface area contributed by atoms with Crippen LogP contribution in [0.4, 0.5) is 5.69 Å². The Morgan fingerprint density at radius 3 is 2.53 bits per heavy atom. The molecular formula is C13H17N2+. The van der Waals surface area contributed by atoms with Crippen LogP contribution in [-0.2, 0) is 5.41 Å². The third-order valence-corrected chi connectivity index (χ3v) is 3.19. The first-order chi connectivity index (χ1) is 7.09. The Balaban J connectivity index is 2.68. The van der Waals surface area contributed by atoms with E-state index < -0.39 is 0 Å². The van der Waals surface area contributed by atoms with Gasteiger partial charge in [-0.25, -0.2) is 0 Å². The monoisotopic (exact) mass is 201 g/mol. The first kappa shape index (κ1) is 9.97. The second-order valence-corrected chi connectivity index (χ2v) is 4.45. The fourth-order valence-electron chi connectivity index (χ4n) is 2.39. The molecule has 15 heavy (non-hydrogen) atoms. The molecule has 1 aromatic rings. The van der Waals surface area contributed by atoms with Gasteiger partial charge >= 0.3 is 0 Å². The van der Waals surface area contributed by atoms with Crippen molar-refractivity contribution in [1.29, 1.82) is 0 Å². The average molecular weight is 201 g/mol. The maximum atomic E-state index is 5.50. The maximum Gasteiger partial charge on any atom is 0.209 e. The van der Waals surface area contributed by atoms with Gasteiger partial charge in [0.05, 0.1) is 5.41 Å². The predicted octanol–water partition coefficient (Wildman–Crippen LogP) is 2.17. The summed E-state index contributed by atoms with van der Waals surface area (Å²) in [5.41, 5.74) is 9.42. The van der Waals surface area contributed by atoms with Gasteiger partial charge in [-0.2, -0.15) is 4.58 Å². The number of para-hydroxylation sites is 1. The van der Waals surface area contributed by atoms with Crippen molar-refractivity contribution in [1.82, 2.24) is 0 Å². The van der Waals surface area contributed by atoms with E-state index in [-0.39, 0.29) is 5.41 Å². The lowest BCUT2D eigenvalue weighted by atomic mass is 9.81. The van der Waals surface area contributed by atoms with E-state index in [9.17, 15) is 0 Å². The highest BCUT2D eigenvalue weighted by Crippen LogP contribution is 2.38. The highest BCUT2D eigenvalue weighted by Gasteiger charge is 2.42. The summed E-state index contributed by atoms with van der Waals surface area (Å²) >= 11 is 0. The van der Waals surface area contributed by atoms with Gasteiger partial charge in [0.2, 0.25) is 5.69 Å². The molecule has 0 atom stereocenters. The summed E-state index contributed by atoms with van der Waals surface area (Å²) in [5, 5.41) is 0. The van der Waals surface area contributed by atoms with E-state index in [1.807, 2.05) is 6.08 Å². The fraction of sp³-hybridized carbons (Fsp3) is 0.308. The van der Waals surface area contributed by atoms with Crippen molar-refractivity contribution < 1.29 is 4.58 Å². The number of hydrogen-bond donors (Lipinski definition) is 1. The second kappa shape index (κ2) is 3.23. The van der Waals surface area contributed by atoms with E-state index in [0.717, 1.165) is 0 Å². The van der Waals surface area contributed by atoms with Crippen LogP contribution >= 0.6 is 0 Å². The van der Waals surface area contributed by atoms with Crippen LogP contribution < -0.4 is 5.73 Å². The molecule has 2 N–H and O–H groups in total. The van der Waals surface area contributed by atoms with Gasteiger partial charge in [0.1, 0.15) is 7.05 Å². The van der Waals surface area contributed by atoms with Crippen LogP contribution in [0.3, 0.4) is 0 Å². The quantitative estimate of drug-likeness (QED) is 0.693. The van der Waals surface area contributed by atoms with Crippen molar-refractivity contribution in [2.75, 3.05) is 7.05 Å². The van der Waals surface area contributed by atoms with Gasteiger partial charge in [0.15, 0.2) is 5.71 Å². The molecule has 1 aromatic carbocycles. The van der Waals surface area contributed by atoms with Gasteiger partial charge in [-0.1, -0.05) is 18.2 Å². The van der Waals surface area contributed by atoms with E-state index >= 15 is 0 Å². The maximum absolute atomic E-state index is 5.50. The Morgan fingerprint density at radius 1 is 1.27 bits per heavy atom. The van der Waals surface area contributed by atoms with E-state index in [4.69, 9.17) is 5.73 Å². The Morgan fingerprint density at radius 2 is 1.93 bits per heavy atom. The van der Waals surface area contributed by atoms with E-state index in [2.05, 4.69) is 49.7 Å². The zero-order chi connectivity index (χ0) is 11.1. The zero-order valence-corrected chi connectivity index (χ0v) is 9.49. The molecular weight excluding hydrogens is 184 g/mol. The average Bonchev–Trinajstić information content (AvgIpc) is 2.41. The lowest BCUT2D eigenvalue weighted by molar-refractivity contribution is -0.401. The number of fused-ring (bicyclic) bond motifs is 1. The third-order valence-electron chi connectivity index (χ3n) is 3.19. The predicted molar refractivity (Wildman–Crippen MR) is 63.6 cm³/mol. The highest BCUT2D eigenvalue weighted by atomic mass is 15.0. The molecule has 2 nitrogen and oxygen atoms in total. The molecule has 0 aliphatic carbocycles. The molecule has 0 radical (unpaired) electrons. The number of rotatable bonds is 1. The summed E-state index contributed by atoms with van der Waals surface area (Å²) in [6.07, 6.45) is 3.60. The molecule has 0 fully saturated rings. The summed E-state index contributed by atoms with van der Waals surface area (Å²) in [4.78, 5) is 0. The molecule has 0 saturated heterocycles. The fourth-order valence-corrected chi connectivity index (χ4v) is 2.39. The van der Waals surface area contributed by atoms with Crippen molar-refractivity contribution in [3.05, 3.63) is 42.1 Å². The SMILES string of the molecule is C[N+]1=C(C=CN)C(C)(C)c2ccccc21. The van der Waals surface area contributed by atoms with Gasteiger partial charge in [-0.05, 0) is 13.8 Å². The van der Waals surface area contributed by atoms with Crippen molar-refractivity contribution in [2.45, 2.75) is 19.3 Å². The number of nitrogens with zero attached hydrogens (tertiary/aromatic N) is 1. The Kier molecular flexibility index (Phi) is 2.14. The molecule has 0 spiro atoms. The molecule has 0 amide bonds. The molecule has 0 saturated carbocycles. The Labute approximate surface area is 90.7 Å². The highest BCUT2D eigenvalue weighted by molar-refractivity contribution is 6.02. The lowest BCUT2D eigenvalue weighted by Crippen LogP contribution is -2.26. The molecule has 0 unspecified atom stereocenters. The first-order valence-electron chi connectivity index (χ1n) is 5.18. The van der Waals surface area contributed by atoms with Crippen LogP contribution in [0, 0.1) is 0 Å². The molecule has 2 heteroatoms. The third kappa shape index (κ3) is 1.29. The minimum Gasteiger partial charge on any atom is -0.404 e. The summed E-state index contributed by atoms with van der Waals surface area (Å²) in [5.74, 6) is 0. The molecule has 0 aromatic heterocycles. The smallest absolute Gasteiger partial charge is 0.209 e. The van der Waals surface area contributed by atoms with Crippen LogP contribution in [0.2, 0.25) is 0 Å². The zero-order valence-electron chi connectivity index (χ0n) is 9.49. The topological polar surface area (TPSA) is 29.0 Å². The van der Waals surface area contributed by atoms with Crippen LogP contribution in [0.15, 0.2) is 36.5 Å². The van der Waals surface area contributed by atoms with Crippen LogP contribution in [0.25, 0.3) is 0 Å². The summed E-state index contributed by atoms with van der Waals surface area (Å²) < 4.78 is 2.21. The Bertz CT molecular complexity index is 453. The number of nitrogens with two attached hydrogens (primary N) is 1. The van der Waals surface area contributed by atoms with Crippen LogP contribution in [0.1, 0.15) is 19.4 Å². The minimum atomic E-state index is 0.0429. The van der Waals surface area contributed by atoms with Crippen LogP contribution in [0.5, 0.6) is 0 Å². The summed E-state index contributed by atoms with van der Waals surface area (Å²) in [6, 6.07) is 8.49. The van der Waals surface area contributed by atoms with Gasteiger partial charge in [-0.15, -0.1) is 0 Å². The summed E-state index contributed by atoms with van der Waals surface area (Å²) in [7, 11) is 2.09. The second-order valence-electron chi connectivity index (χ2n) is 4.45. The number of allylic oxidation sites excluding steroid dienone is 1. The normalized spacial score (nSPS) is 18.6. The molecule has 1 aliphatic rings. The lowest BCUT2D eigenvalue weighted by Gasteiger charge is -2.14. The molecule has 78 valence electrons. The van der Waals surface area contributed by atoms with Crippen molar-refractivity contribution in [3.63, 3.8) is 0 Å². The standard InChI is InChI=1S/C13H16N2/c1-13(2)10-6-4-5-7-11(10)15(3)12(13)8-9-14/h4-9,14H,1-3H3/p+1. The molecule has 0 bridgehead atoms. The van der Waals surface area contributed by atoms with Gasteiger partial charge in [-0.3, -0.25) is 0 Å². The van der Waals surface area contributed by atoms with Crippen molar-refractivity contribution >= 4 is 11.4 Å². The van der Waals surface area contributed by atoms with Gasteiger partial charge in [0.25, 0.3) is 0 Å². The van der Waals surface area contributed by atoms with Crippen LogP contribution in [-0.4, -0.2) is 17.3 Å². The minimum absolute atomic E-state index is 0.0429. The molecule has 1 aliphatic heterocycles. The van der Waals surface area contributed by atoms with E-state index in [0.29, 0.717) is 0 Å². The van der Waals surface area contributed by atoms with Gasteiger partial charge in [0, 0.05) is 23.9 Å².